The van der Waals surface area contributed by atoms with Gasteiger partial charge in [0.05, 0.1) is 75.0 Å². The Morgan fingerprint density at radius 1 is 0.770 bits per heavy atom. The van der Waals surface area contributed by atoms with Crippen LogP contribution in [-0.4, -0.2) is 124 Å². The first-order valence-electron chi connectivity index (χ1n) is 26.7. The molecule has 4 heterocycles. The summed E-state index contributed by atoms with van der Waals surface area (Å²) < 4.78 is 70.6. The molecule has 0 unspecified atom stereocenters. The van der Waals surface area contributed by atoms with E-state index in [0.29, 0.717) is 32.7 Å². The fourth-order valence-electron chi connectivity index (χ4n) is 10.7. The van der Waals surface area contributed by atoms with Gasteiger partial charge < -0.3 is 56.9 Å². The van der Waals surface area contributed by atoms with Crippen LogP contribution in [0.3, 0.4) is 0 Å². The molecule has 3 aromatic carbocycles. The third-order valence-corrected chi connectivity index (χ3v) is 20.0. The molecule has 0 radical (unpaired) electrons. The van der Waals surface area contributed by atoms with Gasteiger partial charge in [0, 0.05) is 46.0 Å². The second kappa shape index (κ2) is 24.7. The lowest BCUT2D eigenvalue weighted by Crippen LogP contribution is -2.60. The van der Waals surface area contributed by atoms with Crippen LogP contribution in [-0.2, 0) is 65.1 Å². The third kappa shape index (κ3) is 15.0. The Bertz CT molecular complexity index is 2240. The number of aliphatic hydroxyl groups excluding tert-OH is 1. The molecule has 74 heavy (non-hydrogen) atoms. The molecule has 3 aromatic rings. The Labute approximate surface area is 441 Å². The van der Waals surface area contributed by atoms with Gasteiger partial charge in [0.2, 0.25) is 5.91 Å². The minimum absolute atomic E-state index is 0.0319. The second-order valence-electron chi connectivity index (χ2n) is 23.1. The van der Waals surface area contributed by atoms with Gasteiger partial charge in [-0.3, -0.25) is 4.79 Å². The number of benzene rings is 3. The van der Waals surface area contributed by atoms with Crippen LogP contribution in [0.5, 0.6) is 5.75 Å². The van der Waals surface area contributed by atoms with E-state index < -0.39 is 74.1 Å². The predicted octanol–water partition coefficient (Wildman–Crippen LogP) is 10.8. The van der Waals surface area contributed by atoms with Gasteiger partial charge >= 0.3 is 6.09 Å². The van der Waals surface area contributed by atoms with E-state index in [1.165, 1.54) is 0 Å². The molecule has 2 amide bonds. The highest BCUT2D eigenvalue weighted by atomic mass is 28.4. The maximum Gasteiger partial charge on any atom is 0.417 e. The summed E-state index contributed by atoms with van der Waals surface area (Å²) in [6.07, 6.45) is -1.20. The molecule has 0 aliphatic carbocycles. The molecule has 4 aliphatic heterocycles. The average molecular weight is 1050 g/mol. The average Bonchev–Trinajstić information content (AvgIpc) is 3.64. The van der Waals surface area contributed by atoms with Gasteiger partial charge in [-0.15, -0.1) is 0 Å². The van der Waals surface area contributed by atoms with Crippen LogP contribution in [0.15, 0.2) is 84.9 Å². The zero-order valence-corrected chi connectivity index (χ0v) is 47.0. The standard InChI is InChI=1S/C58H85NO14Si/c1-39-52(42-21-17-14-18-22-42)67-54(62)59(39)53(61)51-47(60)36-58(64-10,72-49(51)30-32-66-38-41-23-25-43(63-9)26-24-41)35-46-34-50(71-57(7,8)70-46)48(73-74(11,12)55(2,3)4)28-27-44-33-45(69-56(5,6)68-44)29-31-65-37-40-19-15-13-16-20-40/h13-26,39,44-52,60H,27-38H2,1-12H3/t39-,44-,45+,46+,47+,48-,49+,50-,51-,52-,58-/m1/s1. The smallest absolute Gasteiger partial charge is 0.417 e. The third-order valence-electron chi connectivity index (χ3n) is 15.5. The normalized spacial score (nSPS) is 29.7. The Balaban J connectivity index is 1.08. The lowest BCUT2D eigenvalue weighted by molar-refractivity contribution is -0.347. The number of imide groups is 1. The van der Waals surface area contributed by atoms with E-state index in [9.17, 15) is 14.7 Å². The fourth-order valence-corrected chi connectivity index (χ4v) is 12.1. The lowest BCUT2D eigenvalue weighted by atomic mass is 9.82. The Morgan fingerprint density at radius 2 is 1.35 bits per heavy atom. The summed E-state index contributed by atoms with van der Waals surface area (Å²) in [6.45, 7) is 22.4. The van der Waals surface area contributed by atoms with Gasteiger partial charge in [0.1, 0.15) is 11.9 Å². The molecule has 0 aromatic heterocycles. The number of amides is 2. The second-order valence-corrected chi connectivity index (χ2v) is 27.8. The first kappa shape index (κ1) is 57.9. The Kier molecular flexibility index (Phi) is 19.3. The molecular formula is C58H85NO14Si. The Hall–Kier alpha value is -3.78. The van der Waals surface area contributed by atoms with E-state index in [0.717, 1.165) is 46.6 Å². The lowest BCUT2D eigenvalue weighted by Gasteiger charge is -2.50. The number of carbonyl (C=O) groups excluding carboxylic acids is 2. The van der Waals surface area contributed by atoms with E-state index >= 15 is 0 Å². The molecule has 7 rings (SSSR count). The van der Waals surface area contributed by atoms with E-state index in [2.05, 4.69) is 46.0 Å². The number of carbonyl (C=O) groups is 2. The Morgan fingerprint density at radius 3 is 1.97 bits per heavy atom. The summed E-state index contributed by atoms with van der Waals surface area (Å²) in [5.41, 5.74) is 2.85. The van der Waals surface area contributed by atoms with Gasteiger partial charge in [-0.05, 0) is 107 Å². The van der Waals surface area contributed by atoms with Crippen LogP contribution in [0.2, 0.25) is 18.1 Å². The number of nitrogens with zero attached hydrogens (tertiary/aromatic N) is 1. The number of methoxy groups -OCH3 is 2. The van der Waals surface area contributed by atoms with Gasteiger partial charge in [0.25, 0.3) is 0 Å². The van der Waals surface area contributed by atoms with Gasteiger partial charge in [-0.25, -0.2) is 9.69 Å². The predicted molar refractivity (Wildman–Crippen MR) is 281 cm³/mol. The van der Waals surface area contributed by atoms with Crippen molar-refractivity contribution in [1.82, 2.24) is 4.90 Å². The van der Waals surface area contributed by atoms with Gasteiger partial charge in [-0.2, -0.15) is 0 Å². The van der Waals surface area contributed by atoms with Crippen LogP contribution < -0.4 is 4.74 Å². The van der Waals surface area contributed by atoms with Crippen molar-refractivity contribution in [2.75, 3.05) is 27.4 Å². The number of hydrogen-bond acceptors (Lipinski definition) is 14. The first-order valence-corrected chi connectivity index (χ1v) is 29.6. The zero-order chi connectivity index (χ0) is 53.5. The number of ether oxygens (including phenoxy) is 10. The number of aliphatic hydroxyl groups is 1. The maximum absolute atomic E-state index is 14.8. The minimum Gasteiger partial charge on any atom is -0.497 e. The topological polar surface area (TPSA) is 159 Å². The molecule has 1 N–H and O–H groups in total. The van der Waals surface area contributed by atoms with Crippen LogP contribution >= 0.6 is 0 Å². The van der Waals surface area contributed by atoms with Crippen molar-refractivity contribution in [3.8, 4) is 5.75 Å². The largest absolute Gasteiger partial charge is 0.497 e. The summed E-state index contributed by atoms with van der Waals surface area (Å²) in [5, 5.41) is 12.2. The quantitative estimate of drug-likeness (QED) is 0.0748. The summed E-state index contributed by atoms with van der Waals surface area (Å²) >= 11 is 0. The SMILES string of the molecule is COc1ccc(COCC[C@@H]2O[C@@](C[C@@H]3C[C@H]([C@@H](CC[C@@H]4C[C@H](CCOCc5ccccc5)OC(C)(C)O4)O[Si](C)(C)C(C)(C)C)OC(C)(C)O3)(OC)C[C@H](O)[C@H]2C(=O)N2C(=O)O[C@@H](c3ccccc3)[C@H]2C)cc1. The number of rotatable bonds is 22. The molecule has 410 valence electrons. The highest BCUT2D eigenvalue weighted by Crippen LogP contribution is 2.46. The van der Waals surface area contributed by atoms with Crippen molar-refractivity contribution >= 4 is 20.3 Å². The zero-order valence-electron chi connectivity index (χ0n) is 46.0. The molecule has 15 nitrogen and oxygen atoms in total. The summed E-state index contributed by atoms with van der Waals surface area (Å²) in [7, 11) is 0.815. The molecule has 0 spiro atoms. The van der Waals surface area contributed by atoms with Crippen LogP contribution in [0.1, 0.15) is 130 Å². The van der Waals surface area contributed by atoms with Crippen molar-refractivity contribution < 1.29 is 66.5 Å². The molecule has 11 atom stereocenters. The highest BCUT2D eigenvalue weighted by Gasteiger charge is 2.56. The van der Waals surface area contributed by atoms with Crippen LogP contribution in [0.25, 0.3) is 0 Å². The van der Waals surface area contributed by atoms with E-state index in [1.807, 2.05) is 100 Å². The van der Waals surface area contributed by atoms with Gasteiger partial charge in [0.15, 0.2) is 25.7 Å². The monoisotopic (exact) mass is 1050 g/mol. The van der Waals surface area contributed by atoms with Crippen molar-refractivity contribution in [3.05, 3.63) is 102 Å². The van der Waals surface area contributed by atoms with Crippen LogP contribution in [0.4, 0.5) is 4.79 Å². The van der Waals surface area contributed by atoms with E-state index in [1.54, 1.807) is 21.1 Å². The summed E-state index contributed by atoms with van der Waals surface area (Å²) in [5.74, 6) is -4.15. The minimum atomic E-state index is -2.36. The van der Waals surface area contributed by atoms with E-state index in [-0.39, 0.29) is 55.3 Å². The molecular weight excluding hydrogens is 963 g/mol. The highest BCUT2D eigenvalue weighted by molar-refractivity contribution is 6.74. The summed E-state index contributed by atoms with van der Waals surface area (Å²) in [6, 6.07) is 26.5. The molecule has 0 bridgehead atoms. The molecule has 4 saturated heterocycles. The number of hydrogen-bond donors (Lipinski definition) is 1. The number of cyclic esters (lactones) is 1. The van der Waals surface area contributed by atoms with Crippen LogP contribution in [0, 0.1) is 5.92 Å². The maximum atomic E-state index is 14.8. The van der Waals surface area contributed by atoms with Crippen molar-refractivity contribution in [2.45, 2.75) is 210 Å². The summed E-state index contributed by atoms with van der Waals surface area (Å²) in [4.78, 5) is 29.5. The van der Waals surface area contributed by atoms with Crippen molar-refractivity contribution in [2.24, 2.45) is 5.92 Å². The van der Waals surface area contributed by atoms with Crippen molar-refractivity contribution in [1.29, 1.82) is 0 Å². The molecule has 16 heteroatoms. The van der Waals surface area contributed by atoms with E-state index in [4.69, 9.17) is 51.8 Å². The van der Waals surface area contributed by atoms with Gasteiger partial charge in [-0.1, -0.05) is 93.6 Å². The first-order chi connectivity index (χ1) is 35.0. The molecule has 4 fully saturated rings. The fraction of sp³-hybridized carbons (Fsp3) is 0.655. The molecule has 4 aliphatic rings. The molecule has 0 saturated carbocycles. The van der Waals surface area contributed by atoms with Crippen molar-refractivity contribution in [3.63, 3.8) is 0 Å².